The van der Waals surface area contributed by atoms with Gasteiger partial charge in [0.2, 0.25) is 0 Å². The molecule has 3 N–H and O–H groups in total. The van der Waals surface area contributed by atoms with Crippen LogP contribution in [0.2, 0.25) is 0 Å². The molecule has 5 heteroatoms. The summed E-state index contributed by atoms with van der Waals surface area (Å²) >= 11 is 0. The molecular formula is C20H28O5. The van der Waals surface area contributed by atoms with Gasteiger partial charge < -0.3 is 20.1 Å². The molecule has 1 aromatic rings. The summed E-state index contributed by atoms with van der Waals surface area (Å²) in [5, 5.41) is 27.4. The number of carboxylic acid groups (broad SMARTS) is 1. The number of aliphatic hydroxyl groups is 1. The zero-order valence-corrected chi connectivity index (χ0v) is 15.3. The van der Waals surface area contributed by atoms with Gasteiger partial charge in [0.1, 0.15) is 0 Å². The highest BCUT2D eigenvalue weighted by Crippen LogP contribution is 2.65. The number of phenolic OH excluding ortho intramolecular Hbond substituents is 1. The monoisotopic (exact) mass is 348 g/mol. The lowest BCUT2D eigenvalue weighted by Gasteiger charge is -2.36. The smallest absolute Gasteiger partial charge is 0.328 e. The molecule has 5 nitrogen and oxygen atoms in total. The molecule has 2 bridgehead atoms. The van der Waals surface area contributed by atoms with Crippen LogP contribution in [0.25, 0.3) is 6.08 Å². The first kappa shape index (κ1) is 19.3. The van der Waals surface area contributed by atoms with E-state index in [1.54, 1.807) is 12.1 Å². The Morgan fingerprint density at radius 1 is 1.32 bits per heavy atom. The minimum absolute atomic E-state index is 0.0278. The van der Waals surface area contributed by atoms with Crippen molar-refractivity contribution in [1.29, 1.82) is 0 Å². The third kappa shape index (κ3) is 3.66. The number of carbonyl (C=O) groups is 1. The number of aliphatic hydroxyl groups excluding tert-OH is 1. The maximum absolute atomic E-state index is 10.2. The summed E-state index contributed by atoms with van der Waals surface area (Å²) < 4.78 is 4.86. The molecule has 0 saturated heterocycles. The number of aromatic hydroxyl groups is 1. The topological polar surface area (TPSA) is 87.0 Å². The predicted octanol–water partition coefficient (Wildman–Crippen LogP) is 3.69. The van der Waals surface area contributed by atoms with Gasteiger partial charge in [-0.1, -0.05) is 26.8 Å². The lowest BCUT2D eigenvalue weighted by atomic mass is 9.70. The molecule has 0 aliphatic heterocycles. The number of ether oxygens (including phenoxy) is 1. The van der Waals surface area contributed by atoms with Crippen molar-refractivity contribution in [1.82, 2.24) is 0 Å². The quantitative estimate of drug-likeness (QED) is 0.725. The van der Waals surface area contributed by atoms with Crippen molar-refractivity contribution >= 4 is 12.0 Å². The Kier molecular flexibility index (Phi) is 5.47. The molecule has 0 heterocycles. The molecule has 0 spiro atoms. The second-order valence-electron chi connectivity index (χ2n) is 7.73. The number of rotatable bonds is 3. The first-order valence-electron chi connectivity index (χ1n) is 8.58. The standard InChI is InChI=1S/C10H10O4.C10H18O/c1-14-9-6-7(2-4-8(9)11)3-5-10(12)13;1-9(2)7-4-5-10(9,3)8(11)6-7/h2-6,11H,1H3,(H,12,13);7-8,11H,4-6H2,1-3H3. The Morgan fingerprint density at radius 3 is 2.40 bits per heavy atom. The number of fused-ring (bicyclic) bond motifs is 2. The Hall–Kier alpha value is -2.01. The fourth-order valence-corrected chi connectivity index (χ4v) is 4.13. The van der Waals surface area contributed by atoms with E-state index in [0.29, 0.717) is 16.7 Å². The van der Waals surface area contributed by atoms with Gasteiger partial charge in [0.05, 0.1) is 13.2 Å². The number of aliphatic carboxylic acids is 1. The number of hydrogen-bond acceptors (Lipinski definition) is 4. The molecule has 2 aliphatic carbocycles. The summed E-state index contributed by atoms with van der Waals surface area (Å²) in [6.07, 6.45) is 6.02. The van der Waals surface area contributed by atoms with E-state index in [0.717, 1.165) is 18.4 Å². The zero-order chi connectivity index (χ0) is 18.8. The van der Waals surface area contributed by atoms with Crippen molar-refractivity contribution in [2.75, 3.05) is 7.11 Å². The van der Waals surface area contributed by atoms with Gasteiger partial charge in [-0.3, -0.25) is 0 Å². The number of hydrogen-bond donors (Lipinski definition) is 3. The van der Waals surface area contributed by atoms with Gasteiger partial charge in [0.15, 0.2) is 11.5 Å². The molecule has 3 rings (SSSR count). The molecule has 138 valence electrons. The molecule has 0 radical (unpaired) electrons. The molecule has 25 heavy (non-hydrogen) atoms. The first-order valence-corrected chi connectivity index (χ1v) is 8.58. The van der Waals surface area contributed by atoms with Gasteiger partial charge in [-0.05, 0) is 59.8 Å². The van der Waals surface area contributed by atoms with Crippen molar-refractivity contribution in [3.05, 3.63) is 29.8 Å². The van der Waals surface area contributed by atoms with Gasteiger partial charge >= 0.3 is 5.97 Å². The highest BCUT2D eigenvalue weighted by atomic mass is 16.5. The van der Waals surface area contributed by atoms with Crippen molar-refractivity contribution < 1.29 is 24.9 Å². The van der Waals surface area contributed by atoms with Crippen molar-refractivity contribution in [3.8, 4) is 11.5 Å². The van der Waals surface area contributed by atoms with E-state index in [1.807, 2.05) is 0 Å². The van der Waals surface area contributed by atoms with Crippen LogP contribution < -0.4 is 4.74 Å². The molecule has 3 unspecified atom stereocenters. The van der Waals surface area contributed by atoms with Gasteiger partial charge in [0, 0.05) is 6.08 Å². The van der Waals surface area contributed by atoms with Crippen LogP contribution >= 0.6 is 0 Å². The van der Waals surface area contributed by atoms with Crippen LogP contribution in [-0.4, -0.2) is 34.5 Å². The molecule has 1 aromatic carbocycles. The van der Waals surface area contributed by atoms with Crippen LogP contribution in [0, 0.1) is 16.7 Å². The van der Waals surface area contributed by atoms with Crippen molar-refractivity contribution in [3.63, 3.8) is 0 Å². The summed E-state index contributed by atoms with van der Waals surface area (Å²) in [4.78, 5) is 10.2. The molecule has 3 atom stereocenters. The number of phenols is 1. The van der Waals surface area contributed by atoms with E-state index in [-0.39, 0.29) is 17.3 Å². The van der Waals surface area contributed by atoms with Crippen LogP contribution in [0.3, 0.4) is 0 Å². The molecule has 0 aromatic heterocycles. The summed E-state index contributed by atoms with van der Waals surface area (Å²) in [7, 11) is 1.43. The van der Waals surface area contributed by atoms with E-state index in [9.17, 15) is 15.0 Å². The maximum Gasteiger partial charge on any atom is 0.328 e. The SMILES string of the molecule is CC1(C)C2CCC1(C)C(O)C2.COc1cc(C=CC(=O)O)ccc1O. The van der Waals surface area contributed by atoms with Crippen molar-refractivity contribution in [2.24, 2.45) is 16.7 Å². The molecule has 2 aliphatic rings. The zero-order valence-electron chi connectivity index (χ0n) is 15.3. The molecule has 2 fully saturated rings. The summed E-state index contributed by atoms with van der Waals surface area (Å²) in [5.41, 5.74) is 1.26. The van der Waals surface area contributed by atoms with Crippen LogP contribution in [0.4, 0.5) is 0 Å². The Morgan fingerprint density at radius 2 is 2.00 bits per heavy atom. The molecular weight excluding hydrogens is 320 g/mol. The van der Waals surface area contributed by atoms with Crippen LogP contribution in [0.15, 0.2) is 24.3 Å². The van der Waals surface area contributed by atoms with E-state index in [1.165, 1.54) is 32.1 Å². The second-order valence-corrected chi connectivity index (χ2v) is 7.73. The number of carboxylic acids is 1. The fraction of sp³-hybridized carbons (Fsp3) is 0.550. The van der Waals surface area contributed by atoms with E-state index >= 15 is 0 Å². The number of benzene rings is 1. The first-order chi connectivity index (χ1) is 11.6. The summed E-state index contributed by atoms with van der Waals surface area (Å²) in [6, 6.07) is 4.59. The van der Waals surface area contributed by atoms with E-state index in [2.05, 4.69) is 20.8 Å². The van der Waals surface area contributed by atoms with Gasteiger partial charge in [-0.25, -0.2) is 4.79 Å². The maximum atomic E-state index is 10.2. The summed E-state index contributed by atoms with van der Waals surface area (Å²) in [5.74, 6) is 0.108. The lowest BCUT2D eigenvalue weighted by Crippen LogP contribution is -2.35. The fourth-order valence-electron chi connectivity index (χ4n) is 4.13. The van der Waals surface area contributed by atoms with Crippen LogP contribution in [0.1, 0.15) is 45.6 Å². The van der Waals surface area contributed by atoms with Crippen LogP contribution in [0.5, 0.6) is 11.5 Å². The minimum Gasteiger partial charge on any atom is -0.504 e. The van der Waals surface area contributed by atoms with Gasteiger partial charge in [-0.2, -0.15) is 0 Å². The molecule has 0 amide bonds. The largest absolute Gasteiger partial charge is 0.504 e. The minimum atomic E-state index is -1.02. The summed E-state index contributed by atoms with van der Waals surface area (Å²) in [6.45, 7) is 6.90. The van der Waals surface area contributed by atoms with Crippen molar-refractivity contribution in [2.45, 2.75) is 46.1 Å². The predicted molar refractivity (Wildman–Crippen MR) is 96.6 cm³/mol. The Labute approximate surface area is 149 Å². The molecule has 2 saturated carbocycles. The van der Waals surface area contributed by atoms with E-state index in [4.69, 9.17) is 9.84 Å². The van der Waals surface area contributed by atoms with Gasteiger partial charge in [0.25, 0.3) is 0 Å². The van der Waals surface area contributed by atoms with E-state index < -0.39 is 5.97 Å². The Balaban J connectivity index is 0.000000185. The average Bonchev–Trinajstić information content (AvgIpc) is 2.87. The highest BCUT2D eigenvalue weighted by Gasteiger charge is 2.60. The second kappa shape index (κ2) is 7.08. The van der Waals surface area contributed by atoms with Crippen LogP contribution in [-0.2, 0) is 4.79 Å². The lowest BCUT2D eigenvalue weighted by molar-refractivity contribution is -0.131. The Bertz CT molecular complexity index is 664. The third-order valence-electron chi connectivity index (χ3n) is 6.37. The average molecular weight is 348 g/mol. The third-order valence-corrected chi connectivity index (χ3v) is 6.37. The normalized spacial score (nSPS) is 29.3. The highest BCUT2D eigenvalue weighted by molar-refractivity contribution is 5.85. The number of methoxy groups -OCH3 is 1. The van der Waals surface area contributed by atoms with Gasteiger partial charge in [-0.15, -0.1) is 0 Å².